The number of Topliss-reactive ketones (excluding diaryl/α,β-unsaturated/α-hetero) is 1. The summed E-state index contributed by atoms with van der Waals surface area (Å²) in [5.74, 6) is 0.540. The highest BCUT2D eigenvalue weighted by molar-refractivity contribution is 6.30. The van der Waals surface area contributed by atoms with E-state index in [1.165, 1.54) is 5.56 Å². The van der Waals surface area contributed by atoms with E-state index in [9.17, 15) is 4.79 Å². The van der Waals surface area contributed by atoms with Crippen molar-refractivity contribution in [3.63, 3.8) is 0 Å². The molecule has 4 rings (SSSR count). The van der Waals surface area contributed by atoms with Crippen molar-refractivity contribution < 1.29 is 9.53 Å². The molecule has 134 valence electrons. The molecule has 0 saturated carbocycles. The maximum absolute atomic E-state index is 12.5. The Balaban J connectivity index is 1.91. The van der Waals surface area contributed by atoms with E-state index in [0.717, 1.165) is 41.9 Å². The van der Waals surface area contributed by atoms with Gasteiger partial charge in [-0.1, -0.05) is 23.7 Å². The molecule has 0 atom stereocenters. The van der Waals surface area contributed by atoms with Gasteiger partial charge in [-0.15, -0.1) is 0 Å². The van der Waals surface area contributed by atoms with E-state index in [1.54, 1.807) is 0 Å². The summed E-state index contributed by atoms with van der Waals surface area (Å²) in [6.45, 7) is 3.62. The molecule has 0 unspecified atom stereocenters. The van der Waals surface area contributed by atoms with Crippen LogP contribution in [0.15, 0.2) is 42.5 Å². The third-order valence-corrected chi connectivity index (χ3v) is 5.30. The Morgan fingerprint density at radius 2 is 1.96 bits per heavy atom. The number of rotatable bonds is 5. The third kappa shape index (κ3) is 2.94. The third-order valence-electron chi connectivity index (χ3n) is 5.05. The largest absolute Gasteiger partial charge is 0.381 e. The molecule has 3 aromatic rings. The number of aromatic nitrogens is 1. The Kier molecular flexibility index (Phi) is 4.57. The number of ketones is 1. The monoisotopic (exact) mass is 368 g/mol. The Morgan fingerprint density at radius 1 is 1.23 bits per heavy atom. The van der Waals surface area contributed by atoms with Crippen molar-refractivity contribution in [2.24, 2.45) is 11.7 Å². The van der Waals surface area contributed by atoms with Crippen LogP contribution in [-0.2, 0) is 11.2 Å². The van der Waals surface area contributed by atoms with Gasteiger partial charge in [0.2, 0.25) is 0 Å². The van der Waals surface area contributed by atoms with E-state index in [-0.39, 0.29) is 12.3 Å². The number of benzene rings is 2. The quantitative estimate of drug-likeness (QED) is 0.694. The lowest BCUT2D eigenvalue weighted by Crippen LogP contribution is -2.29. The fourth-order valence-electron chi connectivity index (χ4n) is 3.70. The van der Waals surface area contributed by atoms with Gasteiger partial charge in [0.05, 0.1) is 25.3 Å². The number of hydrogen-bond acceptors (Lipinski definition) is 3. The number of carbonyl (C=O) groups excluding carboxylic acids is 1. The average molecular weight is 369 g/mol. The normalized spacial score (nSPS) is 14.6. The summed E-state index contributed by atoms with van der Waals surface area (Å²) >= 11 is 6.05. The molecular weight excluding hydrogens is 348 g/mol. The van der Waals surface area contributed by atoms with Gasteiger partial charge in [-0.25, -0.2) is 0 Å². The predicted octanol–water partition coefficient (Wildman–Crippen LogP) is 3.92. The number of fused-ring (bicyclic) bond motifs is 1. The zero-order valence-electron chi connectivity index (χ0n) is 14.7. The molecule has 2 N–H and O–H groups in total. The van der Waals surface area contributed by atoms with Gasteiger partial charge in [0.15, 0.2) is 5.78 Å². The first-order valence-electron chi connectivity index (χ1n) is 8.79. The molecule has 0 radical (unpaired) electrons. The van der Waals surface area contributed by atoms with Crippen LogP contribution in [0.1, 0.15) is 21.6 Å². The molecule has 4 nitrogen and oxygen atoms in total. The van der Waals surface area contributed by atoms with Crippen molar-refractivity contribution in [3.8, 4) is 5.69 Å². The molecule has 1 aliphatic rings. The maximum Gasteiger partial charge on any atom is 0.178 e. The number of halogens is 1. The number of ether oxygens (including phenoxy) is 1. The summed E-state index contributed by atoms with van der Waals surface area (Å²) in [6.07, 6.45) is 0.987. The first kappa shape index (κ1) is 17.3. The summed E-state index contributed by atoms with van der Waals surface area (Å²) in [7, 11) is 0. The number of nitrogens with zero attached hydrogens (tertiary/aromatic N) is 1. The fourth-order valence-corrected chi connectivity index (χ4v) is 3.83. The van der Waals surface area contributed by atoms with Crippen LogP contribution in [-0.4, -0.2) is 30.1 Å². The molecule has 0 bridgehead atoms. The van der Waals surface area contributed by atoms with Gasteiger partial charge in [-0.05, 0) is 49.2 Å². The van der Waals surface area contributed by atoms with Crippen LogP contribution < -0.4 is 5.73 Å². The van der Waals surface area contributed by atoms with Gasteiger partial charge in [0, 0.05) is 33.3 Å². The van der Waals surface area contributed by atoms with E-state index in [1.807, 2.05) is 37.3 Å². The molecule has 1 aromatic heterocycles. The van der Waals surface area contributed by atoms with Crippen molar-refractivity contribution >= 4 is 28.3 Å². The summed E-state index contributed by atoms with van der Waals surface area (Å²) < 4.78 is 7.41. The average Bonchev–Trinajstić information content (AvgIpc) is 2.90. The molecule has 1 saturated heterocycles. The van der Waals surface area contributed by atoms with E-state index in [2.05, 4.69) is 16.7 Å². The van der Waals surface area contributed by atoms with Crippen molar-refractivity contribution in [1.82, 2.24) is 4.57 Å². The van der Waals surface area contributed by atoms with Crippen molar-refractivity contribution in [2.45, 2.75) is 13.3 Å². The summed E-state index contributed by atoms with van der Waals surface area (Å²) in [6, 6.07) is 14.0. The van der Waals surface area contributed by atoms with E-state index >= 15 is 0 Å². The highest BCUT2D eigenvalue weighted by Crippen LogP contribution is 2.31. The first-order valence-corrected chi connectivity index (χ1v) is 9.17. The molecule has 0 amide bonds. The molecule has 26 heavy (non-hydrogen) atoms. The first-order chi connectivity index (χ1) is 12.6. The zero-order chi connectivity index (χ0) is 18.3. The Bertz CT molecular complexity index is 972. The zero-order valence-corrected chi connectivity index (χ0v) is 15.4. The fraction of sp³-hybridized carbons (Fsp3) is 0.286. The lowest BCUT2D eigenvalue weighted by atomic mass is 9.96. The molecule has 1 aliphatic heterocycles. The minimum atomic E-state index is -0.0413. The molecule has 1 fully saturated rings. The van der Waals surface area contributed by atoms with Crippen LogP contribution in [0.25, 0.3) is 16.6 Å². The van der Waals surface area contributed by atoms with Gasteiger partial charge >= 0.3 is 0 Å². The highest BCUT2D eigenvalue weighted by atomic mass is 35.5. The number of carbonyl (C=O) groups is 1. The van der Waals surface area contributed by atoms with Crippen molar-refractivity contribution in [3.05, 3.63) is 64.3 Å². The Morgan fingerprint density at radius 3 is 2.58 bits per heavy atom. The van der Waals surface area contributed by atoms with Crippen LogP contribution in [0.3, 0.4) is 0 Å². The Labute approximate surface area is 157 Å². The summed E-state index contributed by atoms with van der Waals surface area (Å²) in [5.41, 5.74) is 10.5. The Hall–Kier alpha value is -2.14. The van der Waals surface area contributed by atoms with Crippen molar-refractivity contribution in [1.29, 1.82) is 0 Å². The van der Waals surface area contributed by atoms with Crippen LogP contribution in [0.2, 0.25) is 5.02 Å². The van der Waals surface area contributed by atoms with Crippen LogP contribution in [0.4, 0.5) is 0 Å². The van der Waals surface area contributed by atoms with Gasteiger partial charge in [-0.2, -0.15) is 0 Å². The van der Waals surface area contributed by atoms with Gasteiger partial charge in [0.25, 0.3) is 0 Å². The summed E-state index contributed by atoms with van der Waals surface area (Å²) in [4.78, 5) is 12.5. The lowest BCUT2D eigenvalue weighted by Gasteiger charge is -2.25. The van der Waals surface area contributed by atoms with Gasteiger partial charge in [-0.3, -0.25) is 4.79 Å². The lowest BCUT2D eigenvalue weighted by molar-refractivity contribution is -0.0312. The number of nitrogens with two attached hydrogens (primary N) is 1. The second-order valence-corrected chi connectivity index (χ2v) is 7.30. The second kappa shape index (κ2) is 6.88. The molecule has 5 heteroatoms. The van der Waals surface area contributed by atoms with E-state index in [4.69, 9.17) is 22.1 Å². The molecular formula is C21H21ClN2O2. The standard InChI is InChI=1S/C21H21ClN2O2/c1-13-21(20(25)10-23)18-7-2-14(8-15-11-26-12-15)9-19(18)24(13)17-5-3-16(22)4-6-17/h2-7,9,15H,8,10-12,23H2,1H3. The van der Waals surface area contributed by atoms with Gasteiger partial charge in [0.1, 0.15) is 0 Å². The molecule has 0 aliphatic carbocycles. The van der Waals surface area contributed by atoms with E-state index in [0.29, 0.717) is 16.5 Å². The predicted molar refractivity (Wildman–Crippen MR) is 104 cm³/mol. The number of hydrogen-bond donors (Lipinski definition) is 1. The molecule has 2 heterocycles. The van der Waals surface area contributed by atoms with Crippen molar-refractivity contribution in [2.75, 3.05) is 19.8 Å². The van der Waals surface area contributed by atoms with Crippen LogP contribution in [0, 0.1) is 12.8 Å². The van der Waals surface area contributed by atoms with Crippen LogP contribution >= 0.6 is 11.6 Å². The second-order valence-electron chi connectivity index (χ2n) is 6.86. The smallest absolute Gasteiger partial charge is 0.178 e. The minimum absolute atomic E-state index is 0.00172. The van der Waals surface area contributed by atoms with E-state index < -0.39 is 0 Å². The SMILES string of the molecule is Cc1c(C(=O)CN)c2ccc(CC3COC3)cc2n1-c1ccc(Cl)cc1. The van der Waals surface area contributed by atoms with Gasteiger partial charge < -0.3 is 15.0 Å². The summed E-state index contributed by atoms with van der Waals surface area (Å²) in [5, 5.41) is 1.63. The minimum Gasteiger partial charge on any atom is -0.381 e. The highest BCUT2D eigenvalue weighted by Gasteiger charge is 2.22. The van der Waals surface area contributed by atoms with Crippen LogP contribution in [0.5, 0.6) is 0 Å². The molecule has 0 spiro atoms. The topological polar surface area (TPSA) is 57.3 Å². The molecule has 2 aromatic carbocycles. The maximum atomic E-state index is 12.5.